The van der Waals surface area contributed by atoms with Gasteiger partial charge in [-0.3, -0.25) is 5.32 Å². The standard InChI is InChI=1S/C17H36N2O2P2/c1-3-17(21)7-12(10-22)4-5-14(8-17)15-18-9-13(11-23)6-16(2,20)19-15/h12-15,18-21H,3-11,22-23H2,1-2H3. The van der Waals surface area contributed by atoms with E-state index in [1.54, 1.807) is 0 Å². The first-order valence-electron chi connectivity index (χ1n) is 9.17. The van der Waals surface area contributed by atoms with Gasteiger partial charge in [0, 0.05) is 0 Å². The van der Waals surface area contributed by atoms with Gasteiger partial charge >= 0.3 is 0 Å². The van der Waals surface area contributed by atoms with Gasteiger partial charge in [-0.05, 0) is 82.1 Å². The molecule has 4 nitrogen and oxygen atoms in total. The fourth-order valence-electron chi connectivity index (χ4n) is 4.36. The molecule has 0 amide bonds. The Balaban J connectivity index is 2.12. The molecule has 2 rings (SSSR count). The summed E-state index contributed by atoms with van der Waals surface area (Å²) in [6.45, 7) is 4.90. The molecular formula is C17H36N2O2P2. The van der Waals surface area contributed by atoms with E-state index in [9.17, 15) is 10.2 Å². The van der Waals surface area contributed by atoms with Crippen molar-refractivity contribution in [2.24, 2.45) is 17.8 Å². The van der Waals surface area contributed by atoms with Gasteiger partial charge in [0.25, 0.3) is 0 Å². The average Bonchev–Trinajstić information content (AvgIpc) is 2.78. The zero-order valence-electron chi connectivity index (χ0n) is 14.7. The third-order valence-electron chi connectivity index (χ3n) is 5.83. The molecule has 0 radical (unpaired) electrons. The van der Waals surface area contributed by atoms with Crippen molar-refractivity contribution in [3.63, 3.8) is 0 Å². The number of hydrogen-bond acceptors (Lipinski definition) is 4. The lowest BCUT2D eigenvalue weighted by molar-refractivity contribution is -0.0261. The van der Waals surface area contributed by atoms with Crippen LogP contribution in [0, 0.1) is 17.8 Å². The summed E-state index contributed by atoms with van der Waals surface area (Å²) in [5.74, 6) is 1.40. The maximum Gasteiger partial charge on any atom is 0.114 e. The summed E-state index contributed by atoms with van der Waals surface area (Å²) in [7, 11) is 5.64. The molecule has 0 aromatic carbocycles. The first-order valence-corrected chi connectivity index (χ1v) is 10.8. The second-order valence-corrected chi connectivity index (χ2v) is 8.98. The molecular weight excluding hydrogens is 326 g/mol. The van der Waals surface area contributed by atoms with Crippen molar-refractivity contribution in [1.29, 1.82) is 0 Å². The summed E-state index contributed by atoms with van der Waals surface area (Å²) in [4.78, 5) is 0. The molecule has 6 heteroatoms. The van der Waals surface area contributed by atoms with Gasteiger partial charge < -0.3 is 15.5 Å². The second-order valence-electron chi connectivity index (χ2n) is 8.04. The summed E-state index contributed by atoms with van der Waals surface area (Å²) >= 11 is 0. The van der Waals surface area contributed by atoms with Crippen molar-refractivity contribution >= 4 is 18.5 Å². The Labute approximate surface area is 146 Å². The van der Waals surface area contributed by atoms with Crippen molar-refractivity contribution in [2.45, 2.75) is 69.9 Å². The maximum absolute atomic E-state index is 11.0. The molecule has 2 aliphatic rings. The average molecular weight is 362 g/mol. The van der Waals surface area contributed by atoms with Gasteiger partial charge in [0.1, 0.15) is 5.72 Å². The normalized spacial score (nSPS) is 46.2. The van der Waals surface area contributed by atoms with E-state index in [2.05, 4.69) is 36.0 Å². The number of rotatable bonds is 4. The first kappa shape index (κ1) is 20.0. The van der Waals surface area contributed by atoms with Crippen molar-refractivity contribution in [3.8, 4) is 0 Å². The molecule has 0 spiro atoms. The molecule has 1 saturated heterocycles. The Bertz CT molecular complexity index is 384. The van der Waals surface area contributed by atoms with Crippen molar-refractivity contribution in [2.75, 3.05) is 18.9 Å². The molecule has 136 valence electrons. The van der Waals surface area contributed by atoms with Crippen LogP contribution in [-0.4, -0.2) is 46.6 Å². The van der Waals surface area contributed by atoms with E-state index in [0.29, 0.717) is 17.8 Å². The van der Waals surface area contributed by atoms with E-state index < -0.39 is 11.3 Å². The van der Waals surface area contributed by atoms with Crippen LogP contribution in [0.3, 0.4) is 0 Å². The van der Waals surface area contributed by atoms with Gasteiger partial charge in [0.15, 0.2) is 0 Å². The number of nitrogens with one attached hydrogen (secondary N) is 2. The third-order valence-corrected chi connectivity index (χ3v) is 7.17. The van der Waals surface area contributed by atoms with Crippen LogP contribution in [0.1, 0.15) is 52.4 Å². The summed E-state index contributed by atoms with van der Waals surface area (Å²) in [6.07, 6.45) is 7.69. The Morgan fingerprint density at radius 3 is 2.35 bits per heavy atom. The summed E-state index contributed by atoms with van der Waals surface area (Å²) in [6, 6.07) is 0. The SMILES string of the molecule is CCC1(O)CC(CP)CCC(C2NCC(CP)CC(C)(O)N2)C1. The van der Waals surface area contributed by atoms with E-state index in [1.165, 1.54) is 0 Å². The van der Waals surface area contributed by atoms with Gasteiger partial charge in [0.2, 0.25) is 0 Å². The number of hydrogen-bond donors (Lipinski definition) is 4. The summed E-state index contributed by atoms with van der Waals surface area (Å²) in [5.41, 5.74) is -1.41. The van der Waals surface area contributed by atoms with Gasteiger partial charge in [0.05, 0.1) is 11.8 Å². The molecule has 1 aliphatic carbocycles. The molecule has 1 saturated carbocycles. The lowest BCUT2D eigenvalue weighted by atomic mass is 9.84. The van der Waals surface area contributed by atoms with E-state index in [0.717, 1.165) is 57.4 Å². The molecule has 23 heavy (non-hydrogen) atoms. The topological polar surface area (TPSA) is 64.5 Å². The maximum atomic E-state index is 11.0. The fraction of sp³-hybridized carbons (Fsp3) is 1.00. The van der Waals surface area contributed by atoms with Crippen LogP contribution < -0.4 is 10.6 Å². The smallest absolute Gasteiger partial charge is 0.114 e. The molecule has 8 unspecified atom stereocenters. The minimum Gasteiger partial charge on any atom is -0.390 e. The molecule has 0 bridgehead atoms. The lowest BCUT2D eigenvalue weighted by Gasteiger charge is -2.36. The highest BCUT2D eigenvalue weighted by atomic mass is 31.0. The molecule has 8 atom stereocenters. The lowest BCUT2D eigenvalue weighted by Crippen LogP contribution is -2.55. The molecule has 1 heterocycles. The zero-order chi connectivity index (χ0) is 17.1. The minimum atomic E-state index is -0.841. The van der Waals surface area contributed by atoms with Gasteiger partial charge in [-0.1, -0.05) is 6.92 Å². The van der Waals surface area contributed by atoms with Crippen LogP contribution in [0.2, 0.25) is 0 Å². The van der Waals surface area contributed by atoms with Crippen LogP contribution in [0.5, 0.6) is 0 Å². The van der Waals surface area contributed by atoms with Crippen LogP contribution in [0.25, 0.3) is 0 Å². The Morgan fingerprint density at radius 1 is 1.04 bits per heavy atom. The van der Waals surface area contributed by atoms with Gasteiger partial charge in [-0.15, -0.1) is 18.5 Å². The highest BCUT2D eigenvalue weighted by Crippen LogP contribution is 2.38. The predicted octanol–water partition coefficient (Wildman–Crippen LogP) is 1.92. The summed E-state index contributed by atoms with van der Waals surface area (Å²) in [5, 5.41) is 28.8. The van der Waals surface area contributed by atoms with Gasteiger partial charge in [-0.2, -0.15) is 0 Å². The van der Waals surface area contributed by atoms with E-state index in [-0.39, 0.29) is 6.17 Å². The van der Waals surface area contributed by atoms with Gasteiger partial charge in [-0.25, -0.2) is 0 Å². The Hall–Kier alpha value is 0.700. The molecule has 4 N–H and O–H groups in total. The zero-order valence-corrected chi connectivity index (χ0v) is 17.0. The van der Waals surface area contributed by atoms with Crippen LogP contribution in [0.15, 0.2) is 0 Å². The van der Waals surface area contributed by atoms with Crippen LogP contribution in [0.4, 0.5) is 0 Å². The first-order chi connectivity index (χ1) is 10.8. The van der Waals surface area contributed by atoms with Crippen molar-refractivity contribution in [3.05, 3.63) is 0 Å². The summed E-state index contributed by atoms with van der Waals surface area (Å²) < 4.78 is 0. The highest BCUT2D eigenvalue weighted by molar-refractivity contribution is 7.16. The van der Waals surface area contributed by atoms with E-state index >= 15 is 0 Å². The van der Waals surface area contributed by atoms with Crippen LogP contribution in [-0.2, 0) is 0 Å². The monoisotopic (exact) mass is 362 g/mol. The van der Waals surface area contributed by atoms with Crippen molar-refractivity contribution < 1.29 is 10.2 Å². The third kappa shape index (κ3) is 5.59. The molecule has 0 aromatic rings. The number of aliphatic hydroxyl groups is 2. The van der Waals surface area contributed by atoms with Crippen LogP contribution >= 0.6 is 18.5 Å². The Kier molecular flexibility index (Phi) is 7.30. The molecule has 0 aromatic heterocycles. The Morgan fingerprint density at radius 2 is 1.74 bits per heavy atom. The van der Waals surface area contributed by atoms with Crippen molar-refractivity contribution in [1.82, 2.24) is 10.6 Å². The minimum absolute atomic E-state index is 0.0767. The molecule has 2 fully saturated rings. The fourth-order valence-corrected chi connectivity index (χ4v) is 5.10. The highest BCUT2D eigenvalue weighted by Gasteiger charge is 2.40. The second kappa shape index (κ2) is 8.39. The van der Waals surface area contributed by atoms with E-state index in [1.807, 2.05) is 6.92 Å². The predicted molar refractivity (Wildman–Crippen MR) is 104 cm³/mol. The largest absolute Gasteiger partial charge is 0.390 e. The van der Waals surface area contributed by atoms with E-state index in [4.69, 9.17) is 0 Å². The quantitative estimate of drug-likeness (QED) is 0.456. The molecule has 1 aliphatic heterocycles.